The number of carbonyl (C=O) groups excluding carboxylic acids is 1. The summed E-state index contributed by atoms with van der Waals surface area (Å²) in [6.07, 6.45) is 2.01. The first-order valence-electron chi connectivity index (χ1n) is 8.50. The second-order valence-corrected chi connectivity index (χ2v) is 6.17. The van der Waals surface area contributed by atoms with Crippen molar-refractivity contribution in [2.75, 3.05) is 20.2 Å². The average Bonchev–Trinajstić information content (AvgIpc) is 3.15. The molecule has 2 aromatic heterocycles. The number of methoxy groups -OCH3 is 1. The minimum atomic E-state index is -0.685. The molecule has 1 amide bonds. The van der Waals surface area contributed by atoms with E-state index in [0.717, 1.165) is 0 Å². The first-order chi connectivity index (χ1) is 13.2. The van der Waals surface area contributed by atoms with Crippen molar-refractivity contribution in [1.82, 2.24) is 15.1 Å². The fourth-order valence-electron chi connectivity index (χ4n) is 3.13. The Morgan fingerprint density at radius 2 is 2.19 bits per heavy atom. The molecule has 1 atom stereocenters. The van der Waals surface area contributed by atoms with E-state index in [0.29, 0.717) is 42.1 Å². The van der Waals surface area contributed by atoms with E-state index in [4.69, 9.17) is 13.9 Å². The predicted octanol–water partition coefficient (Wildman–Crippen LogP) is 1.89. The number of aromatic nitrogens is 2. The van der Waals surface area contributed by atoms with Gasteiger partial charge in [0.15, 0.2) is 11.3 Å². The monoisotopic (exact) mass is 367 g/mol. The fourth-order valence-corrected chi connectivity index (χ4v) is 3.13. The zero-order chi connectivity index (χ0) is 18.8. The number of para-hydroxylation sites is 1. The highest BCUT2D eigenvalue weighted by Crippen LogP contribution is 2.25. The summed E-state index contributed by atoms with van der Waals surface area (Å²) in [5.41, 5.74) is -0.363. The fraction of sp³-hybridized carbons (Fsp3) is 0.263. The van der Waals surface area contributed by atoms with Crippen LogP contribution in [0, 0.1) is 0 Å². The van der Waals surface area contributed by atoms with Gasteiger partial charge in [-0.25, -0.2) is 4.79 Å². The van der Waals surface area contributed by atoms with Crippen LogP contribution >= 0.6 is 0 Å². The zero-order valence-electron chi connectivity index (χ0n) is 14.6. The molecule has 8 nitrogen and oxygen atoms in total. The Balaban J connectivity index is 1.55. The molecule has 1 saturated heterocycles. The van der Waals surface area contributed by atoms with Gasteiger partial charge in [0.2, 0.25) is 5.88 Å². The average molecular weight is 367 g/mol. The van der Waals surface area contributed by atoms with Gasteiger partial charge in [-0.3, -0.25) is 4.79 Å². The number of rotatable bonds is 4. The Hall–Kier alpha value is -3.42. The minimum absolute atomic E-state index is 0.00379. The van der Waals surface area contributed by atoms with Crippen LogP contribution in [0.1, 0.15) is 16.8 Å². The maximum absolute atomic E-state index is 12.8. The van der Waals surface area contributed by atoms with Gasteiger partial charge in [-0.15, -0.1) is 5.10 Å². The number of nitrogens with zero attached hydrogens (tertiary/aromatic N) is 3. The Bertz CT molecular complexity index is 1030. The highest BCUT2D eigenvalue weighted by molar-refractivity contribution is 5.97. The quantitative estimate of drug-likeness (QED) is 0.650. The highest BCUT2D eigenvalue weighted by atomic mass is 16.5. The van der Waals surface area contributed by atoms with Gasteiger partial charge in [0.25, 0.3) is 5.91 Å². The van der Waals surface area contributed by atoms with E-state index >= 15 is 0 Å². The van der Waals surface area contributed by atoms with Gasteiger partial charge in [0, 0.05) is 30.6 Å². The maximum atomic E-state index is 12.8. The van der Waals surface area contributed by atoms with Crippen LogP contribution in [0.2, 0.25) is 0 Å². The van der Waals surface area contributed by atoms with E-state index in [2.05, 4.69) is 10.2 Å². The molecule has 1 fully saturated rings. The number of hydrogen-bond donors (Lipinski definition) is 0. The van der Waals surface area contributed by atoms with E-state index in [1.165, 1.54) is 7.11 Å². The Kier molecular flexibility index (Phi) is 4.45. The second-order valence-electron chi connectivity index (χ2n) is 6.17. The first-order valence-corrected chi connectivity index (χ1v) is 8.50. The third-order valence-electron chi connectivity index (χ3n) is 4.44. The van der Waals surface area contributed by atoms with Crippen LogP contribution < -0.4 is 15.1 Å². The third kappa shape index (κ3) is 3.33. The van der Waals surface area contributed by atoms with Crippen molar-refractivity contribution >= 4 is 16.9 Å². The van der Waals surface area contributed by atoms with Crippen LogP contribution in [-0.4, -0.2) is 47.3 Å². The summed E-state index contributed by atoms with van der Waals surface area (Å²) in [6.45, 7) is 0.852. The van der Waals surface area contributed by atoms with E-state index in [-0.39, 0.29) is 17.6 Å². The van der Waals surface area contributed by atoms with E-state index < -0.39 is 5.63 Å². The maximum Gasteiger partial charge on any atom is 0.349 e. The van der Waals surface area contributed by atoms with Gasteiger partial charge in [0.05, 0.1) is 13.7 Å². The summed E-state index contributed by atoms with van der Waals surface area (Å²) in [7, 11) is 1.50. The molecule has 1 aliphatic heterocycles. The molecule has 0 N–H and O–H groups in total. The van der Waals surface area contributed by atoms with Crippen LogP contribution in [0.15, 0.2) is 51.8 Å². The molecule has 4 rings (SSSR count). The molecule has 3 aromatic rings. The normalized spacial score (nSPS) is 16.5. The van der Waals surface area contributed by atoms with E-state index in [9.17, 15) is 9.59 Å². The lowest BCUT2D eigenvalue weighted by Gasteiger charge is -2.16. The molecular weight excluding hydrogens is 350 g/mol. The number of fused-ring (bicyclic) bond motifs is 1. The molecule has 1 aliphatic rings. The van der Waals surface area contributed by atoms with Crippen LogP contribution in [0.5, 0.6) is 11.6 Å². The van der Waals surface area contributed by atoms with Crippen molar-refractivity contribution in [2.24, 2.45) is 0 Å². The molecule has 3 heterocycles. The number of likely N-dealkylation sites (tertiary alicyclic amines) is 1. The molecule has 0 aliphatic carbocycles. The van der Waals surface area contributed by atoms with Crippen LogP contribution in [0.25, 0.3) is 11.0 Å². The highest BCUT2D eigenvalue weighted by Gasteiger charge is 2.30. The molecule has 1 unspecified atom stereocenters. The number of ether oxygens (including phenoxy) is 2. The molecule has 0 saturated carbocycles. The molecule has 1 aromatic carbocycles. The first kappa shape index (κ1) is 17.0. The summed E-state index contributed by atoms with van der Waals surface area (Å²) in [5.74, 6) is 0.482. The van der Waals surface area contributed by atoms with Crippen LogP contribution in [0.3, 0.4) is 0 Å². The van der Waals surface area contributed by atoms with Gasteiger partial charge in [0.1, 0.15) is 11.7 Å². The molecular formula is C19H17N3O5. The molecule has 8 heteroatoms. The van der Waals surface area contributed by atoms with Crippen LogP contribution in [0.4, 0.5) is 0 Å². The summed E-state index contributed by atoms with van der Waals surface area (Å²) >= 11 is 0. The summed E-state index contributed by atoms with van der Waals surface area (Å²) < 4.78 is 16.3. The molecule has 0 bridgehead atoms. The van der Waals surface area contributed by atoms with Gasteiger partial charge in [-0.2, -0.15) is 5.10 Å². The molecule has 27 heavy (non-hydrogen) atoms. The van der Waals surface area contributed by atoms with Crippen molar-refractivity contribution in [2.45, 2.75) is 12.5 Å². The van der Waals surface area contributed by atoms with E-state index in [1.54, 1.807) is 47.5 Å². The SMILES string of the molecule is COc1cccc2cc(C(=O)N3CCC(Oc4cccnn4)C3)c(=O)oc12. The summed E-state index contributed by atoms with van der Waals surface area (Å²) in [4.78, 5) is 26.8. The lowest BCUT2D eigenvalue weighted by molar-refractivity contribution is 0.0767. The van der Waals surface area contributed by atoms with E-state index in [1.807, 2.05) is 0 Å². The standard InChI is InChI=1S/C19H17N3O5/c1-25-15-5-2-4-12-10-14(19(24)27-17(12)15)18(23)22-9-7-13(11-22)26-16-6-3-8-20-21-16/h2-6,8,10,13H,7,9,11H2,1H3. The van der Waals surface area contributed by atoms with Crippen molar-refractivity contribution in [3.8, 4) is 11.6 Å². The number of carbonyl (C=O) groups is 1. The zero-order valence-corrected chi connectivity index (χ0v) is 14.6. The van der Waals surface area contributed by atoms with Gasteiger partial charge in [-0.05, 0) is 18.2 Å². The van der Waals surface area contributed by atoms with Crippen molar-refractivity contribution < 1.29 is 18.7 Å². The van der Waals surface area contributed by atoms with Crippen molar-refractivity contribution in [3.05, 3.63) is 58.6 Å². The molecule has 0 spiro atoms. The number of benzene rings is 1. The van der Waals surface area contributed by atoms with Crippen molar-refractivity contribution in [3.63, 3.8) is 0 Å². The Morgan fingerprint density at radius 3 is 2.96 bits per heavy atom. The smallest absolute Gasteiger partial charge is 0.349 e. The Labute approximate surface area is 154 Å². The van der Waals surface area contributed by atoms with Crippen molar-refractivity contribution in [1.29, 1.82) is 0 Å². The lowest BCUT2D eigenvalue weighted by atomic mass is 10.1. The van der Waals surface area contributed by atoms with Gasteiger partial charge < -0.3 is 18.8 Å². The largest absolute Gasteiger partial charge is 0.493 e. The molecule has 0 radical (unpaired) electrons. The summed E-state index contributed by atoms with van der Waals surface area (Å²) in [6, 6.07) is 10.2. The molecule has 138 valence electrons. The predicted molar refractivity (Wildman–Crippen MR) is 96.0 cm³/mol. The number of hydrogen-bond acceptors (Lipinski definition) is 7. The number of amides is 1. The van der Waals surface area contributed by atoms with Gasteiger partial charge in [-0.1, -0.05) is 12.1 Å². The second kappa shape index (κ2) is 7.06. The third-order valence-corrected chi connectivity index (χ3v) is 4.44. The topological polar surface area (TPSA) is 94.8 Å². The lowest BCUT2D eigenvalue weighted by Crippen LogP contribution is -2.33. The summed E-state index contributed by atoms with van der Waals surface area (Å²) in [5, 5.41) is 8.27. The Morgan fingerprint density at radius 1 is 1.30 bits per heavy atom. The van der Waals surface area contributed by atoms with Gasteiger partial charge >= 0.3 is 5.63 Å². The van der Waals surface area contributed by atoms with Crippen LogP contribution in [-0.2, 0) is 0 Å². The minimum Gasteiger partial charge on any atom is -0.493 e.